The number of carbonyl (C=O) groups excluding carboxylic acids is 1. The summed E-state index contributed by atoms with van der Waals surface area (Å²) in [6.45, 7) is 6.43. The van der Waals surface area contributed by atoms with Crippen molar-refractivity contribution >= 4 is 23.2 Å². The quantitative estimate of drug-likeness (QED) is 0.702. The Morgan fingerprint density at radius 3 is 2.63 bits per heavy atom. The lowest BCUT2D eigenvalue weighted by Gasteiger charge is -2.37. The molecule has 0 bridgehead atoms. The number of ether oxygens (including phenoxy) is 1. The van der Waals surface area contributed by atoms with Crippen LogP contribution in [0.3, 0.4) is 0 Å². The Hall–Kier alpha value is -0.920. The minimum Gasteiger partial charge on any atom is -0.392 e. The monoisotopic (exact) mass is 286 g/mol. The molecule has 2 saturated heterocycles. The van der Waals surface area contributed by atoms with Crippen molar-refractivity contribution in [3.05, 3.63) is 0 Å². The van der Waals surface area contributed by atoms with Crippen molar-refractivity contribution in [2.75, 3.05) is 39.4 Å². The third-order valence-corrected chi connectivity index (χ3v) is 4.16. The summed E-state index contributed by atoms with van der Waals surface area (Å²) >= 11 is 5.00. The highest BCUT2D eigenvalue weighted by Gasteiger charge is 2.26. The molecule has 0 aliphatic carbocycles. The lowest BCUT2D eigenvalue weighted by Crippen LogP contribution is -2.56. The SMILES string of the molecule is CC(C(N)=S)N1CCN(C(=O)NC2CCOC2)CC1. The van der Waals surface area contributed by atoms with Gasteiger partial charge in [0.15, 0.2) is 0 Å². The number of carbonyl (C=O) groups is 1. The third-order valence-electron chi connectivity index (χ3n) is 3.82. The molecule has 0 aromatic carbocycles. The lowest BCUT2D eigenvalue weighted by atomic mass is 10.2. The fraction of sp³-hybridized carbons (Fsp3) is 0.833. The van der Waals surface area contributed by atoms with Gasteiger partial charge in [0.1, 0.15) is 0 Å². The number of nitrogens with one attached hydrogen (secondary N) is 1. The maximum atomic E-state index is 12.1. The molecule has 0 aromatic heterocycles. The van der Waals surface area contributed by atoms with Gasteiger partial charge in [0.25, 0.3) is 0 Å². The van der Waals surface area contributed by atoms with E-state index in [1.54, 1.807) is 0 Å². The van der Waals surface area contributed by atoms with E-state index in [1.165, 1.54) is 0 Å². The first-order valence-electron chi connectivity index (χ1n) is 6.74. The van der Waals surface area contributed by atoms with E-state index in [2.05, 4.69) is 10.2 Å². The molecule has 2 unspecified atom stereocenters. The topological polar surface area (TPSA) is 70.8 Å². The van der Waals surface area contributed by atoms with Crippen LogP contribution in [0.5, 0.6) is 0 Å². The minimum absolute atomic E-state index is 0.0122. The maximum Gasteiger partial charge on any atom is 0.317 e. The van der Waals surface area contributed by atoms with Crippen LogP contribution in [0.4, 0.5) is 4.79 Å². The number of nitrogens with two attached hydrogens (primary N) is 1. The van der Waals surface area contributed by atoms with Gasteiger partial charge in [-0.3, -0.25) is 4.90 Å². The number of thiocarbonyl (C=S) groups is 1. The van der Waals surface area contributed by atoms with Gasteiger partial charge in [0.2, 0.25) is 0 Å². The van der Waals surface area contributed by atoms with Gasteiger partial charge < -0.3 is 20.7 Å². The van der Waals surface area contributed by atoms with E-state index in [-0.39, 0.29) is 18.1 Å². The number of urea groups is 1. The standard InChI is InChI=1S/C12H22N4O2S/c1-9(11(13)19)15-3-5-16(6-4-15)12(17)14-10-2-7-18-8-10/h9-10H,2-8H2,1H3,(H2,13,19)(H,14,17). The Labute approximate surface area is 119 Å². The summed E-state index contributed by atoms with van der Waals surface area (Å²) in [4.78, 5) is 16.6. The molecule has 2 atom stereocenters. The molecular formula is C12H22N4O2S. The number of rotatable bonds is 3. The van der Waals surface area contributed by atoms with Crippen molar-refractivity contribution < 1.29 is 9.53 Å². The van der Waals surface area contributed by atoms with Crippen molar-refractivity contribution in [2.45, 2.75) is 25.4 Å². The summed E-state index contributed by atoms with van der Waals surface area (Å²) in [7, 11) is 0. The molecule has 3 N–H and O–H groups in total. The molecule has 2 amide bonds. The highest BCUT2D eigenvalue weighted by atomic mass is 32.1. The van der Waals surface area contributed by atoms with E-state index in [9.17, 15) is 4.79 Å². The summed E-state index contributed by atoms with van der Waals surface area (Å²) in [5.41, 5.74) is 5.65. The molecule has 0 aromatic rings. The molecule has 2 fully saturated rings. The number of hydrogen-bond acceptors (Lipinski definition) is 4. The van der Waals surface area contributed by atoms with Crippen molar-refractivity contribution in [3.63, 3.8) is 0 Å². The summed E-state index contributed by atoms with van der Waals surface area (Å²) in [5, 5.41) is 3.01. The summed E-state index contributed by atoms with van der Waals surface area (Å²) < 4.78 is 5.25. The average Bonchev–Trinajstić information content (AvgIpc) is 2.90. The molecule has 108 valence electrons. The highest BCUT2D eigenvalue weighted by molar-refractivity contribution is 7.80. The van der Waals surface area contributed by atoms with Crippen molar-refractivity contribution in [3.8, 4) is 0 Å². The van der Waals surface area contributed by atoms with Gasteiger partial charge in [-0.25, -0.2) is 4.79 Å². The molecule has 6 nitrogen and oxygen atoms in total. The van der Waals surface area contributed by atoms with Crippen LogP contribution in [0.2, 0.25) is 0 Å². The molecular weight excluding hydrogens is 264 g/mol. The van der Waals surface area contributed by atoms with E-state index < -0.39 is 0 Å². The van der Waals surface area contributed by atoms with Gasteiger partial charge in [0.05, 0.1) is 23.7 Å². The zero-order valence-corrected chi connectivity index (χ0v) is 12.1. The molecule has 0 radical (unpaired) electrons. The van der Waals surface area contributed by atoms with Crippen molar-refractivity contribution in [1.29, 1.82) is 0 Å². The number of piperazine rings is 1. The van der Waals surface area contributed by atoms with Crippen molar-refractivity contribution in [2.24, 2.45) is 5.73 Å². The first-order chi connectivity index (χ1) is 9.08. The fourth-order valence-electron chi connectivity index (χ4n) is 2.41. The van der Waals surface area contributed by atoms with E-state index in [1.807, 2.05) is 11.8 Å². The van der Waals surface area contributed by atoms with Gasteiger partial charge >= 0.3 is 6.03 Å². The molecule has 0 spiro atoms. The minimum atomic E-state index is 0.0122. The predicted octanol–water partition coefficient (Wildman–Crippen LogP) is -0.223. The number of amides is 2. The second-order valence-electron chi connectivity index (χ2n) is 5.11. The summed E-state index contributed by atoms with van der Waals surface area (Å²) in [6, 6.07) is 0.280. The zero-order valence-electron chi connectivity index (χ0n) is 11.3. The molecule has 2 aliphatic rings. The van der Waals surface area contributed by atoms with Crippen molar-refractivity contribution in [1.82, 2.24) is 15.1 Å². The second kappa shape index (κ2) is 6.49. The number of hydrogen-bond donors (Lipinski definition) is 2. The van der Waals surface area contributed by atoms with Crippen LogP contribution >= 0.6 is 12.2 Å². The van der Waals surface area contributed by atoms with E-state index in [4.69, 9.17) is 22.7 Å². The highest BCUT2D eigenvalue weighted by Crippen LogP contribution is 2.09. The van der Waals surface area contributed by atoms with Gasteiger partial charge in [-0.05, 0) is 13.3 Å². The lowest BCUT2D eigenvalue weighted by molar-refractivity contribution is 0.128. The van der Waals surface area contributed by atoms with Crippen LogP contribution < -0.4 is 11.1 Å². The first kappa shape index (κ1) is 14.5. The van der Waals surface area contributed by atoms with Gasteiger partial charge in [0, 0.05) is 32.8 Å². The van der Waals surface area contributed by atoms with Crippen LogP contribution in [-0.2, 0) is 4.74 Å². The van der Waals surface area contributed by atoms with Gasteiger partial charge in [-0.1, -0.05) is 12.2 Å². The van der Waals surface area contributed by atoms with E-state index in [0.29, 0.717) is 24.7 Å². The number of nitrogens with zero attached hydrogens (tertiary/aromatic N) is 2. The van der Waals surface area contributed by atoms with Gasteiger partial charge in [-0.2, -0.15) is 0 Å². The molecule has 0 saturated carbocycles. The van der Waals surface area contributed by atoms with Crippen LogP contribution in [0.25, 0.3) is 0 Å². The first-order valence-corrected chi connectivity index (χ1v) is 7.15. The van der Waals surface area contributed by atoms with Crippen LogP contribution in [0.1, 0.15) is 13.3 Å². The van der Waals surface area contributed by atoms with E-state index in [0.717, 1.165) is 26.1 Å². The van der Waals surface area contributed by atoms with Crippen LogP contribution in [-0.4, -0.2) is 72.3 Å². The smallest absolute Gasteiger partial charge is 0.317 e. The zero-order chi connectivity index (χ0) is 13.8. The molecule has 19 heavy (non-hydrogen) atoms. The van der Waals surface area contributed by atoms with E-state index >= 15 is 0 Å². The molecule has 2 heterocycles. The second-order valence-corrected chi connectivity index (χ2v) is 5.58. The molecule has 2 aliphatic heterocycles. The largest absolute Gasteiger partial charge is 0.392 e. The average molecular weight is 286 g/mol. The predicted molar refractivity (Wildman–Crippen MR) is 77.1 cm³/mol. The third kappa shape index (κ3) is 3.77. The fourth-order valence-corrected chi connectivity index (χ4v) is 2.56. The van der Waals surface area contributed by atoms with Crippen LogP contribution in [0.15, 0.2) is 0 Å². The molecule has 2 rings (SSSR count). The Balaban J connectivity index is 1.76. The Bertz CT molecular complexity index is 339. The Kier molecular flexibility index (Phi) is 4.95. The Morgan fingerprint density at radius 2 is 2.11 bits per heavy atom. The maximum absolute atomic E-state index is 12.1. The van der Waals surface area contributed by atoms with Crippen LogP contribution in [0, 0.1) is 0 Å². The summed E-state index contributed by atoms with van der Waals surface area (Å²) in [6.07, 6.45) is 0.907. The normalized spacial score (nSPS) is 26.2. The summed E-state index contributed by atoms with van der Waals surface area (Å²) in [5.74, 6) is 0. The van der Waals surface area contributed by atoms with Gasteiger partial charge in [-0.15, -0.1) is 0 Å². The Morgan fingerprint density at radius 1 is 1.42 bits per heavy atom. The molecule has 7 heteroatoms.